The van der Waals surface area contributed by atoms with Gasteiger partial charge < -0.3 is 4.90 Å². The van der Waals surface area contributed by atoms with Crippen LogP contribution in [0.2, 0.25) is 0 Å². The normalized spacial score (nSPS) is 18.1. The number of amidine groups is 1. The SMILES string of the molecule is CC1=C(C(=O)c2ccc(C)cc2)SC2=NCCN21. The Morgan fingerprint density at radius 1 is 1.28 bits per heavy atom. The molecule has 0 saturated heterocycles. The fourth-order valence-corrected chi connectivity index (χ4v) is 3.30. The van der Waals surface area contributed by atoms with E-state index in [9.17, 15) is 4.79 Å². The van der Waals surface area contributed by atoms with Crippen LogP contribution in [0.15, 0.2) is 39.9 Å². The van der Waals surface area contributed by atoms with Crippen LogP contribution in [0.4, 0.5) is 0 Å². The van der Waals surface area contributed by atoms with Crippen LogP contribution >= 0.6 is 11.8 Å². The van der Waals surface area contributed by atoms with Crippen LogP contribution in [-0.4, -0.2) is 28.9 Å². The molecule has 0 spiro atoms. The van der Waals surface area contributed by atoms with Crippen LogP contribution in [0.25, 0.3) is 0 Å². The zero-order chi connectivity index (χ0) is 12.7. The van der Waals surface area contributed by atoms with Gasteiger partial charge >= 0.3 is 0 Å². The van der Waals surface area contributed by atoms with Crippen molar-refractivity contribution in [2.45, 2.75) is 13.8 Å². The minimum atomic E-state index is 0.106. The number of hydrogen-bond donors (Lipinski definition) is 0. The minimum absolute atomic E-state index is 0.106. The summed E-state index contributed by atoms with van der Waals surface area (Å²) < 4.78 is 0. The van der Waals surface area contributed by atoms with Gasteiger partial charge in [-0.3, -0.25) is 9.79 Å². The molecule has 0 amide bonds. The summed E-state index contributed by atoms with van der Waals surface area (Å²) in [5, 5.41) is 0.975. The monoisotopic (exact) mass is 258 g/mol. The molecule has 3 nitrogen and oxygen atoms in total. The van der Waals surface area contributed by atoms with E-state index in [1.54, 1.807) is 0 Å². The number of fused-ring (bicyclic) bond motifs is 1. The van der Waals surface area contributed by atoms with Crippen molar-refractivity contribution in [2.24, 2.45) is 4.99 Å². The molecule has 18 heavy (non-hydrogen) atoms. The van der Waals surface area contributed by atoms with Gasteiger partial charge in [-0.1, -0.05) is 29.8 Å². The number of allylic oxidation sites excluding steroid dienone is 2. The third-order valence-electron chi connectivity index (χ3n) is 3.25. The fraction of sp³-hybridized carbons (Fsp3) is 0.286. The molecule has 2 aliphatic heterocycles. The Morgan fingerprint density at radius 2 is 2.00 bits per heavy atom. The summed E-state index contributed by atoms with van der Waals surface area (Å²) >= 11 is 1.50. The average Bonchev–Trinajstić information content (AvgIpc) is 2.93. The Labute approximate surface area is 111 Å². The predicted octanol–water partition coefficient (Wildman–Crippen LogP) is 2.83. The molecule has 4 heteroatoms. The van der Waals surface area contributed by atoms with Crippen molar-refractivity contribution in [1.29, 1.82) is 0 Å². The minimum Gasteiger partial charge on any atom is -0.322 e. The van der Waals surface area contributed by atoms with Gasteiger partial charge in [0.2, 0.25) is 5.78 Å². The van der Waals surface area contributed by atoms with Crippen LogP contribution in [-0.2, 0) is 0 Å². The second-order valence-electron chi connectivity index (χ2n) is 4.53. The summed E-state index contributed by atoms with van der Waals surface area (Å²) in [6, 6.07) is 7.73. The quantitative estimate of drug-likeness (QED) is 0.765. The van der Waals surface area contributed by atoms with Gasteiger partial charge in [0.15, 0.2) is 5.17 Å². The zero-order valence-electron chi connectivity index (χ0n) is 10.4. The summed E-state index contributed by atoms with van der Waals surface area (Å²) in [6.07, 6.45) is 0. The van der Waals surface area contributed by atoms with Crippen molar-refractivity contribution in [1.82, 2.24) is 4.90 Å². The highest BCUT2D eigenvalue weighted by Crippen LogP contribution is 2.37. The van der Waals surface area contributed by atoms with Crippen LogP contribution in [0.1, 0.15) is 22.8 Å². The summed E-state index contributed by atoms with van der Waals surface area (Å²) in [4.78, 5) is 19.8. The molecule has 2 aliphatic rings. The maximum absolute atomic E-state index is 12.4. The van der Waals surface area contributed by atoms with E-state index in [4.69, 9.17) is 0 Å². The van der Waals surface area contributed by atoms with E-state index in [-0.39, 0.29) is 5.78 Å². The third-order valence-corrected chi connectivity index (χ3v) is 4.47. The van der Waals surface area contributed by atoms with Crippen molar-refractivity contribution in [2.75, 3.05) is 13.1 Å². The zero-order valence-corrected chi connectivity index (χ0v) is 11.3. The van der Waals surface area contributed by atoms with E-state index in [1.165, 1.54) is 17.3 Å². The molecule has 0 radical (unpaired) electrons. The molecule has 0 aromatic heterocycles. The lowest BCUT2D eigenvalue weighted by Gasteiger charge is -2.11. The predicted molar refractivity (Wildman–Crippen MR) is 74.8 cm³/mol. The number of nitrogens with zero attached hydrogens (tertiary/aromatic N) is 2. The number of aliphatic imine (C=N–C) groups is 1. The first kappa shape index (κ1) is 11.5. The van der Waals surface area contributed by atoms with Crippen LogP contribution < -0.4 is 0 Å². The second-order valence-corrected chi connectivity index (χ2v) is 5.51. The molecular weight excluding hydrogens is 244 g/mol. The fourth-order valence-electron chi connectivity index (χ4n) is 2.16. The maximum atomic E-state index is 12.4. The van der Waals surface area contributed by atoms with Crippen molar-refractivity contribution in [3.05, 3.63) is 46.0 Å². The Hall–Kier alpha value is -1.55. The Bertz CT molecular complexity index is 572. The summed E-state index contributed by atoms with van der Waals surface area (Å²) in [6.45, 7) is 5.76. The van der Waals surface area contributed by atoms with E-state index >= 15 is 0 Å². The number of carbonyl (C=O) groups excluding carboxylic acids is 1. The van der Waals surface area contributed by atoms with Crippen molar-refractivity contribution < 1.29 is 4.79 Å². The van der Waals surface area contributed by atoms with Gasteiger partial charge in [-0.2, -0.15) is 0 Å². The van der Waals surface area contributed by atoms with Crippen molar-refractivity contribution in [3.8, 4) is 0 Å². The number of rotatable bonds is 2. The molecule has 1 aromatic rings. The molecular formula is C14H14N2OS. The van der Waals surface area contributed by atoms with Gasteiger partial charge in [0, 0.05) is 17.8 Å². The molecule has 0 saturated carbocycles. The van der Waals surface area contributed by atoms with E-state index in [0.717, 1.165) is 34.4 Å². The van der Waals surface area contributed by atoms with E-state index < -0.39 is 0 Å². The first-order valence-corrected chi connectivity index (χ1v) is 6.80. The number of benzene rings is 1. The molecule has 0 bridgehead atoms. The highest BCUT2D eigenvalue weighted by atomic mass is 32.2. The summed E-state index contributed by atoms with van der Waals surface area (Å²) in [7, 11) is 0. The van der Waals surface area contributed by atoms with Gasteiger partial charge in [0.1, 0.15) is 0 Å². The van der Waals surface area contributed by atoms with Crippen LogP contribution in [0, 0.1) is 6.92 Å². The standard InChI is InChI=1S/C14H14N2OS/c1-9-3-5-11(6-4-9)12(17)13-10(2)16-8-7-15-14(16)18-13/h3-6H,7-8H2,1-2H3. The van der Waals surface area contributed by atoms with E-state index in [1.807, 2.05) is 38.1 Å². The Kier molecular flexibility index (Phi) is 2.74. The third kappa shape index (κ3) is 1.77. The number of thioether (sulfide) groups is 1. The largest absolute Gasteiger partial charge is 0.322 e. The van der Waals surface area contributed by atoms with Crippen molar-refractivity contribution >= 4 is 22.7 Å². The van der Waals surface area contributed by atoms with Crippen LogP contribution in [0.3, 0.4) is 0 Å². The van der Waals surface area contributed by atoms with Gasteiger partial charge in [-0.05, 0) is 25.6 Å². The Morgan fingerprint density at radius 3 is 2.67 bits per heavy atom. The number of aryl methyl sites for hydroxylation is 1. The lowest BCUT2D eigenvalue weighted by atomic mass is 10.1. The van der Waals surface area contributed by atoms with Crippen LogP contribution in [0.5, 0.6) is 0 Å². The number of Topliss-reactive ketones (excluding diaryl/α,β-unsaturated/α-hetero) is 1. The molecule has 0 unspecified atom stereocenters. The van der Waals surface area contributed by atoms with Crippen molar-refractivity contribution in [3.63, 3.8) is 0 Å². The average molecular weight is 258 g/mol. The maximum Gasteiger partial charge on any atom is 0.201 e. The number of ketones is 1. The summed E-state index contributed by atoms with van der Waals surface area (Å²) in [5.74, 6) is 0.106. The van der Waals surface area contributed by atoms with E-state index in [2.05, 4.69) is 9.89 Å². The molecule has 0 aliphatic carbocycles. The molecule has 2 heterocycles. The topological polar surface area (TPSA) is 32.7 Å². The molecule has 0 atom stereocenters. The molecule has 3 rings (SSSR count). The lowest BCUT2D eigenvalue weighted by molar-refractivity contribution is 0.104. The van der Waals surface area contributed by atoms with Gasteiger partial charge in [-0.15, -0.1) is 0 Å². The molecule has 0 N–H and O–H groups in total. The number of hydrogen-bond acceptors (Lipinski definition) is 4. The van der Waals surface area contributed by atoms with Gasteiger partial charge in [0.25, 0.3) is 0 Å². The smallest absolute Gasteiger partial charge is 0.201 e. The summed E-state index contributed by atoms with van der Waals surface area (Å²) in [5.41, 5.74) is 2.97. The number of carbonyl (C=O) groups is 1. The molecule has 0 fully saturated rings. The highest BCUT2D eigenvalue weighted by Gasteiger charge is 2.33. The lowest BCUT2D eigenvalue weighted by Crippen LogP contribution is -2.19. The highest BCUT2D eigenvalue weighted by molar-refractivity contribution is 8.18. The molecule has 92 valence electrons. The first-order valence-electron chi connectivity index (χ1n) is 5.99. The second kappa shape index (κ2) is 4.28. The molecule has 1 aromatic carbocycles. The van der Waals surface area contributed by atoms with Gasteiger partial charge in [-0.25, -0.2) is 0 Å². The first-order chi connectivity index (χ1) is 8.66. The Balaban J connectivity index is 1.92. The van der Waals surface area contributed by atoms with E-state index in [0.29, 0.717) is 0 Å². The van der Waals surface area contributed by atoms with Gasteiger partial charge in [0.05, 0.1) is 11.4 Å².